The van der Waals surface area contributed by atoms with Crippen molar-refractivity contribution in [2.24, 2.45) is 0 Å². The number of aliphatic hydroxyl groups is 1. The quantitative estimate of drug-likeness (QED) is 0.166. The van der Waals surface area contributed by atoms with Gasteiger partial charge in [0.2, 0.25) is 0 Å². The second kappa shape index (κ2) is 12.6. The Morgan fingerprint density at radius 2 is 2.05 bits per heavy atom. The molecule has 1 saturated heterocycles. The minimum Gasteiger partial charge on any atom is -0.492 e. The molecular formula is C30H38N4O4. The first-order chi connectivity index (χ1) is 18.6. The van der Waals surface area contributed by atoms with E-state index in [-0.39, 0.29) is 12.6 Å². The summed E-state index contributed by atoms with van der Waals surface area (Å²) in [5.41, 5.74) is 7.47. The van der Waals surface area contributed by atoms with Crippen LogP contribution in [0.2, 0.25) is 0 Å². The van der Waals surface area contributed by atoms with Gasteiger partial charge in [-0.05, 0) is 91.7 Å². The maximum Gasteiger partial charge on any atom is 0.267 e. The monoisotopic (exact) mass is 518 g/mol. The molecule has 4 N–H and O–H groups in total. The molecule has 0 saturated carbocycles. The summed E-state index contributed by atoms with van der Waals surface area (Å²) in [6, 6.07) is 12.8. The zero-order valence-electron chi connectivity index (χ0n) is 21.9. The smallest absolute Gasteiger partial charge is 0.267 e. The lowest BCUT2D eigenvalue weighted by atomic mass is 10.0. The number of fused-ring (bicyclic) bond motifs is 2. The number of aliphatic hydroxyl groups excluding tert-OH is 1. The maximum atomic E-state index is 11.3. The van der Waals surface area contributed by atoms with E-state index in [0.717, 1.165) is 49.2 Å². The topological polar surface area (TPSA) is 101 Å². The fraction of sp³-hybridized carbons (Fsp3) is 0.433. The molecule has 5 rings (SSSR count). The summed E-state index contributed by atoms with van der Waals surface area (Å²) < 4.78 is 6.09. The molecule has 0 radical (unpaired) electrons. The number of hydroxylamine groups is 1. The van der Waals surface area contributed by atoms with Gasteiger partial charge in [0, 0.05) is 48.9 Å². The molecule has 1 aromatic heterocycles. The van der Waals surface area contributed by atoms with Gasteiger partial charge in [-0.25, -0.2) is 5.48 Å². The number of hydrogen-bond donors (Lipinski definition) is 4. The highest BCUT2D eigenvalue weighted by Gasteiger charge is 2.27. The van der Waals surface area contributed by atoms with Gasteiger partial charge in [-0.3, -0.25) is 19.8 Å². The van der Waals surface area contributed by atoms with Gasteiger partial charge in [0.25, 0.3) is 5.91 Å². The van der Waals surface area contributed by atoms with E-state index in [2.05, 4.69) is 45.2 Å². The number of benzene rings is 2. The Kier molecular flexibility index (Phi) is 8.75. The molecule has 202 valence electrons. The van der Waals surface area contributed by atoms with Gasteiger partial charge in [0.05, 0.1) is 6.61 Å². The van der Waals surface area contributed by atoms with Crippen molar-refractivity contribution in [2.75, 3.05) is 45.9 Å². The molecule has 8 heteroatoms. The van der Waals surface area contributed by atoms with E-state index in [1.807, 2.05) is 12.1 Å². The van der Waals surface area contributed by atoms with Crippen LogP contribution < -0.4 is 10.2 Å². The maximum absolute atomic E-state index is 11.3. The van der Waals surface area contributed by atoms with Crippen LogP contribution in [0.1, 0.15) is 47.6 Å². The van der Waals surface area contributed by atoms with E-state index < -0.39 is 5.91 Å². The van der Waals surface area contributed by atoms with Crippen molar-refractivity contribution < 1.29 is 19.8 Å². The van der Waals surface area contributed by atoms with Crippen LogP contribution in [-0.4, -0.2) is 76.9 Å². The highest BCUT2D eigenvalue weighted by atomic mass is 16.5. The van der Waals surface area contributed by atoms with Gasteiger partial charge < -0.3 is 14.8 Å². The van der Waals surface area contributed by atoms with Crippen molar-refractivity contribution in [1.29, 1.82) is 0 Å². The van der Waals surface area contributed by atoms with Crippen molar-refractivity contribution in [3.05, 3.63) is 70.9 Å². The molecule has 1 unspecified atom stereocenters. The third-order valence-electron chi connectivity index (χ3n) is 7.86. The summed E-state index contributed by atoms with van der Waals surface area (Å²) >= 11 is 0. The largest absolute Gasteiger partial charge is 0.492 e. The van der Waals surface area contributed by atoms with E-state index in [4.69, 9.17) is 9.94 Å². The molecule has 0 spiro atoms. The van der Waals surface area contributed by atoms with Crippen molar-refractivity contribution >= 4 is 22.9 Å². The van der Waals surface area contributed by atoms with Gasteiger partial charge in [-0.15, -0.1) is 0 Å². The Morgan fingerprint density at radius 3 is 2.87 bits per heavy atom. The Hall–Kier alpha value is -3.17. The molecule has 1 fully saturated rings. The van der Waals surface area contributed by atoms with Gasteiger partial charge in [-0.2, -0.15) is 0 Å². The van der Waals surface area contributed by atoms with Crippen LogP contribution in [0, 0.1) is 0 Å². The zero-order chi connectivity index (χ0) is 26.3. The van der Waals surface area contributed by atoms with Crippen LogP contribution in [0.25, 0.3) is 17.0 Å². The zero-order valence-corrected chi connectivity index (χ0v) is 21.9. The molecule has 1 aliphatic carbocycles. The number of likely N-dealkylation sites (tertiary alicyclic amines) is 1. The van der Waals surface area contributed by atoms with Gasteiger partial charge in [0.15, 0.2) is 0 Å². The van der Waals surface area contributed by atoms with Crippen molar-refractivity contribution in [3.8, 4) is 5.75 Å². The number of rotatable bonds is 12. The average molecular weight is 519 g/mol. The van der Waals surface area contributed by atoms with Crippen LogP contribution in [-0.2, 0) is 17.6 Å². The molecule has 38 heavy (non-hydrogen) atoms. The summed E-state index contributed by atoms with van der Waals surface area (Å²) in [5, 5.41) is 19.7. The lowest BCUT2D eigenvalue weighted by molar-refractivity contribution is -0.124. The van der Waals surface area contributed by atoms with E-state index in [9.17, 15) is 9.90 Å². The second-order valence-electron chi connectivity index (χ2n) is 10.3. The molecule has 1 atom stereocenters. The van der Waals surface area contributed by atoms with Crippen molar-refractivity contribution in [3.63, 3.8) is 0 Å². The molecule has 2 aliphatic rings. The van der Waals surface area contributed by atoms with Crippen LogP contribution >= 0.6 is 0 Å². The summed E-state index contributed by atoms with van der Waals surface area (Å²) in [6.45, 7) is 5.64. The third kappa shape index (κ3) is 6.27. The first kappa shape index (κ1) is 26.4. The molecule has 1 aliphatic heterocycles. The first-order valence-corrected chi connectivity index (χ1v) is 13.7. The fourth-order valence-electron chi connectivity index (χ4n) is 5.88. The van der Waals surface area contributed by atoms with Crippen LogP contribution in [0.5, 0.6) is 5.75 Å². The summed E-state index contributed by atoms with van der Waals surface area (Å²) in [5.74, 6) is 0.367. The van der Waals surface area contributed by atoms with Crippen LogP contribution in [0.15, 0.2) is 48.7 Å². The van der Waals surface area contributed by atoms with E-state index in [1.54, 1.807) is 11.6 Å². The van der Waals surface area contributed by atoms with E-state index >= 15 is 0 Å². The summed E-state index contributed by atoms with van der Waals surface area (Å²) in [4.78, 5) is 19.6. The number of aromatic nitrogens is 1. The highest BCUT2D eigenvalue weighted by Crippen LogP contribution is 2.36. The van der Waals surface area contributed by atoms with E-state index in [0.29, 0.717) is 13.2 Å². The number of amides is 1. The number of aryl methyl sites for hydroxylation is 1. The summed E-state index contributed by atoms with van der Waals surface area (Å²) in [7, 11) is 0. The van der Waals surface area contributed by atoms with E-state index in [1.165, 1.54) is 54.1 Å². The Bertz CT molecular complexity index is 1260. The molecule has 2 heterocycles. The minimum absolute atomic E-state index is 0.117. The Balaban J connectivity index is 1.24. The van der Waals surface area contributed by atoms with Gasteiger partial charge >= 0.3 is 0 Å². The van der Waals surface area contributed by atoms with Gasteiger partial charge in [-0.1, -0.05) is 18.2 Å². The second-order valence-corrected chi connectivity index (χ2v) is 10.3. The fourth-order valence-corrected chi connectivity index (χ4v) is 5.88. The van der Waals surface area contributed by atoms with Gasteiger partial charge in [0.1, 0.15) is 12.4 Å². The molecule has 8 nitrogen and oxygen atoms in total. The number of H-pyrrole nitrogens is 1. The number of hydrogen-bond acceptors (Lipinski definition) is 6. The SMILES string of the molecule is O=C(C=Cc1ccc2c(c1)CCC2N(CCO)CCc1c[nH]c2ccc(OCCN3CCCC3)cc12)NO. The Labute approximate surface area is 223 Å². The molecule has 1 amide bonds. The standard InChI is InChI=1S/C30H38N4O4/c35-17-15-34(29-9-5-23-19-22(3-7-26(23)29)4-10-30(36)32-37)14-11-24-21-31-28-8-6-25(20-27(24)28)38-18-16-33-12-1-2-13-33/h3-4,6-8,10,19-21,29,31,35,37H,1-2,5,9,11-18H2,(H,32,36). The highest BCUT2D eigenvalue weighted by molar-refractivity contribution is 5.90. The minimum atomic E-state index is -0.546. The molecular weight excluding hydrogens is 480 g/mol. The Morgan fingerprint density at radius 1 is 1.18 bits per heavy atom. The third-order valence-corrected chi connectivity index (χ3v) is 7.86. The van der Waals surface area contributed by atoms with Crippen LogP contribution in [0.3, 0.4) is 0 Å². The predicted octanol–water partition coefficient (Wildman–Crippen LogP) is 3.69. The van der Waals surface area contributed by atoms with Crippen molar-refractivity contribution in [2.45, 2.75) is 38.1 Å². The number of nitrogens with one attached hydrogen (secondary N) is 2. The number of aromatic amines is 1. The lowest BCUT2D eigenvalue weighted by Crippen LogP contribution is -2.32. The van der Waals surface area contributed by atoms with Crippen molar-refractivity contribution in [1.82, 2.24) is 20.3 Å². The normalized spacial score (nSPS) is 17.6. The number of carbonyl (C=O) groups is 1. The van der Waals surface area contributed by atoms with Crippen LogP contribution in [0.4, 0.5) is 0 Å². The molecule has 0 bridgehead atoms. The molecule has 2 aromatic carbocycles. The average Bonchev–Trinajstić information content (AvgIpc) is 3.70. The number of ether oxygens (including phenoxy) is 1. The molecule has 3 aromatic rings. The first-order valence-electron chi connectivity index (χ1n) is 13.7. The predicted molar refractivity (Wildman–Crippen MR) is 148 cm³/mol. The summed E-state index contributed by atoms with van der Waals surface area (Å²) in [6.07, 6.45) is 10.5. The lowest BCUT2D eigenvalue weighted by Gasteiger charge is -2.29. The number of carbonyl (C=O) groups excluding carboxylic acids is 1. The number of nitrogens with zero attached hydrogens (tertiary/aromatic N) is 2.